The highest BCUT2D eigenvalue weighted by Gasteiger charge is 2.24. The van der Waals surface area contributed by atoms with E-state index in [2.05, 4.69) is 13.0 Å². The van der Waals surface area contributed by atoms with Crippen molar-refractivity contribution in [2.24, 2.45) is 5.92 Å². The normalized spacial score (nSPS) is 17.5. The van der Waals surface area contributed by atoms with E-state index in [1.54, 1.807) is 42.5 Å². The lowest BCUT2D eigenvalue weighted by molar-refractivity contribution is -0.205. The second-order valence-corrected chi connectivity index (χ2v) is 10.7. The van der Waals surface area contributed by atoms with E-state index >= 15 is 4.39 Å². The zero-order valence-corrected chi connectivity index (χ0v) is 23.7. The van der Waals surface area contributed by atoms with Crippen LogP contribution in [0.2, 0.25) is 0 Å². The monoisotopic (exact) mass is 550 g/mol. The van der Waals surface area contributed by atoms with Crippen LogP contribution in [-0.2, 0) is 15.9 Å². The van der Waals surface area contributed by atoms with Crippen LogP contribution in [0.4, 0.5) is 13.2 Å². The Bertz CT molecular complexity index is 1240. The topological polar surface area (TPSA) is 18.5 Å². The molecule has 5 heteroatoms. The van der Waals surface area contributed by atoms with Crippen LogP contribution in [0.3, 0.4) is 0 Å². The van der Waals surface area contributed by atoms with Gasteiger partial charge in [-0.2, -0.15) is 0 Å². The minimum Gasteiger partial charge on any atom is -0.348 e. The maximum Gasteiger partial charge on any atom is 0.183 e. The minimum absolute atomic E-state index is 0.210. The molecule has 1 heterocycles. The molecular formula is C35H41F3O2. The zero-order chi connectivity index (χ0) is 28.3. The molecule has 1 aliphatic heterocycles. The van der Waals surface area contributed by atoms with Gasteiger partial charge in [0.25, 0.3) is 0 Å². The molecule has 4 rings (SSSR count). The molecular weight excluding hydrogens is 509 g/mol. The Labute approximate surface area is 237 Å². The Hall–Kier alpha value is -2.89. The molecule has 0 spiro atoms. The molecule has 0 amide bonds. The molecule has 0 unspecified atom stereocenters. The average Bonchev–Trinajstić information content (AvgIpc) is 2.98. The lowest BCUT2D eigenvalue weighted by Crippen LogP contribution is -2.27. The highest BCUT2D eigenvalue weighted by Crippen LogP contribution is 2.33. The summed E-state index contributed by atoms with van der Waals surface area (Å²) in [6.45, 7) is 5.36. The highest BCUT2D eigenvalue weighted by atomic mass is 19.2. The molecule has 1 saturated heterocycles. The third-order valence-electron chi connectivity index (χ3n) is 7.68. The third-order valence-corrected chi connectivity index (χ3v) is 7.68. The van der Waals surface area contributed by atoms with Crippen molar-refractivity contribution < 1.29 is 22.6 Å². The number of benzene rings is 3. The molecule has 1 fully saturated rings. The Morgan fingerprint density at radius 1 is 0.775 bits per heavy atom. The fourth-order valence-electron chi connectivity index (χ4n) is 5.24. The molecule has 0 saturated carbocycles. The van der Waals surface area contributed by atoms with Crippen molar-refractivity contribution in [1.82, 2.24) is 0 Å². The van der Waals surface area contributed by atoms with Crippen LogP contribution >= 0.6 is 0 Å². The fourth-order valence-corrected chi connectivity index (χ4v) is 5.24. The van der Waals surface area contributed by atoms with Crippen LogP contribution in [0.15, 0.2) is 66.7 Å². The standard InChI is InChI=1S/C35H41F3O2/c1-3-5-7-8-9-11-13-28-18-21-31(34(38)33(28)37)27-16-14-26(15-17-27)30-20-19-29(22-32(30)36)35-39-23-25(24-40-35)12-10-6-4-2/h4,6,14-22,25,35H,3,5,7-13,23-24H2,1-2H3. The zero-order valence-electron chi connectivity index (χ0n) is 23.7. The first-order valence-electron chi connectivity index (χ1n) is 14.7. The Balaban J connectivity index is 1.38. The summed E-state index contributed by atoms with van der Waals surface area (Å²) < 4.78 is 56.6. The predicted molar refractivity (Wildman–Crippen MR) is 156 cm³/mol. The number of hydrogen-bond acceptors (Lipinski definition) is 2. The van der Waals surface area contributed by atoms with Gasteiger partial charge in [0.15, 0.2) is 17.9 Å². The number of allylic oxidation sites excluding steroid dienone is 2. The summed E-state index contributed by atoms with van der Waals surface area (Å²) in [6, 6.07) is 15.2. The summed E-state index contributed by atoms with van der Waals surface area (Å²) in [6.07, 6.45) is 12.7. The van der Waals surface area contributed by atoms with Gasteiger partial charge >= 0.3 is 0 Å². The van der Waals surface area contributed by atoms with Gasteiger partial charge in [-0.3, -0.25) is 0 Å². The number of hydrogen-bond donors (Lipinski definition) is 0. The highest BCUT2D eigenvalue weighted by molar-refractivity contribution is 5.71. The Kier molecular flexibility index (Phi) is 11.4. The van der Waals surface area contributed by atoms with E-state index < -0.39 is 17.9 Å². The van der Waals surface area contributed by atoms with E-state index in [-0.39, 0.29) is 11.4 Å². The van der Waals surface area contributed by atoms with Gasteiger partial charge in [-0.1, -0.05) is 99.7 Å². The quantitative estimate of drug-likeness (QED) is 0.156. The molecule has 40 heavy (non-hydrogen) atoms. The second-order valence-electron chi connectivity index (χ2n) is 10.7. The molecule has 0 bridgehead atoms. The van der Waals surface area contributed by atoms with Crippen LogP contribution in [0.1, 0.15) is 82.6 Å². The number of unbranched alkanes of at least 4 members (excludes halogenated alkanes) is 5. The smallest absolute Gasteiger partial charge is 0.183 e. The summed E-state index contributed by atoms with van der Waals surface area (Å²) >= 11 is 0. The number of halogens is 3. The van der Waals surface area contributed by atoms with Gasteiger partial charge in [-0.15, -0.1) is 0 Å². The second kappa shape index (κ2) is 15.2. The molecule has 1 aliphatic rings. The molecule has 0 aromatic heterocycles. The Morgan fingerprint density at radius 3 is 2.10 bits per heavy atom. The van der Waals surface area contributed by atoms with Gasteiger partial charge < -0.3 is 9.47 Å². The molecule has 2 nitrogen and oxygen atoms in total. The molecule has 0 radical (unpaired) electrons. The molecule has 0 atom stereocenters. The molecule has 0 N–H and O–H groups in total. The summed E-state index contributed by atoms with van der Waals surface area (Å²) in [7, 11) is 0. The lowest BCUT2D eigenvalue weighted by Gasteiger charge is -2.29. The molecule has 3 aromatic carbocycles. The van der Waals surface area contributed by atoms with Crippen molar-refractivity contribution in [3.8, 4) is 22.3 Å². The maximum atomic E-state index is 15.1. The molecule has 3 aromatic rings. The van der Waals surface area contributed by atoms with Crippen molar-refractivity contribution in [3.05, 3.63) is 95.3 Å². The van der Waals surface area contributed by atoms with E-state index in [4.69, 9.17) is 9.47 Å². The third kappa shape index (κ3) is 7.86. The Morgan fingerprint density at radius 2 is 1.43 bits per heavy atom. The van der Waals surface area contributed by atoms with E-state index in [1.807, 2.05) is 19.1 Å². The lowest BCUT2D eigenvalue weighted by atomic mass is 9.96. The summed E-state index contributed by atoms with van der Waals surface area (Å²) in [5, 5.41) is 0. The first-order chi connectivity index (χ1) is 19.5. The van der Waals surface area contributed by atoms with Crippen LogP contribution < -0.4 is 0 Å². The van der Waals surface area contributed by atoms with Crippen LogP contribution in [0.25, 0.3) is 22.3 Å². The maximum absolute atomic E-state index is 15.1. The van der Waals surface area contributed by atoms with Crippen LogP contribution in [-0.4, -0.2) is 13.2 Å². The van der Waals surface area contributed by atoms with Crippen molar-refractivity contribution in [3.63, 3.8) is 0 Å². The molecule has 0 aliphatic carbocycles. The number of ether oxygens (including phenoxy) is 2. The van der Waals surface area contributed by atoms with Gasteiger partial charge in [-0.05, 0) is 55.4 Å². The van der Waals surface area contributed by atoms with Crippen LogP contribution in [0.5, 0.6) is 0 Å². The van der Waals surface area contributed by atoms with Crippen molar-refractivity contribution >= 4 is 0 Å². The average molecular weight is 551 g/mol. The van der Waals surface area contributed by atoms with Crippen molar-refractivity contribution in [2.75, 3.05) is 13.2 Å². The van der Waals surface area contributed by atoms with E-state index in [1.165, 1.54) is 25.3 Å². The predicted octanol–water partition coefficient (Wildman–Crippen LogP) is 10.4. The van der Waals surface area contributed by atoms with E-state index in [0.717, 1.165) is 32.1 Å². The van der Waals surface area contributed by atoms with E-state index in [9.17, 15) is 8.78 Å². The number of rotatable bonds is 13. The summed E-state index contributed by atoms with van der Waals surface area (Å²) in [5.74, 6) is -1.65. The first-order valence-corrected chi connectivity index (χ1v) is 14.7. The van der Waals surface area contributed by atoms with Gasteiger partial charge in [0.05, 0.1) is 13.2 Å². The fraction of sp³-hybridized carbons (Fsp3) is 0.429. The van der Waals surface area contributed by atoms with Crippen molar-refractivity contribution in [2.45, 2.75) is 77.9 Å². The summed E-state index contributed by atoms with van der Waals surface area (Å²) in [4.78, 5) is 0. The van der Waals surface area contributed by atoms with Gasteiger partial charge in [0.2, 0.25) is 0 Å². The summed E-state index contributed by atoms with van der Waals surface area (Å²) in [5.41, 5.74) is 2.91. The number of aryl methyl sites for hydroxylation is 1. The SMILES string of the molecule is CC=CCCC1COC(c2ccc(-c3ccc(-c4ccc(CCCCCCCC)c(F)c4F)cc3)c(F)c2)OC1. The minimum atomic E-state index is -0.830. The molecule has 214 valence electrons. The van der Waals surface area contributed by atoms with Crippen LogP contribution in [0, 0.1) is 23.4 Å². The van der Waals surface area contributed by atoms with Crippen molar-refractivity contribution in [1.29, 1.82) is 0 Å². The first kappa shape index (κ1) is 30.1. The van der Waals surface area contributed by atoms with E-state index in [0.29, 0.717) is 53.4 Å². The van der Waals surface area contributed by atoms with Gasteiger partial charge in [-0.25, -0.2) is 13.2 Å². The largest absolute Gasteiger partial charge is 0.348 e. The van der Waals surface area contributed by atoms with Gasteiger partial charge in [0.1, 0.15) is 5.82 Å². The van der Waals surface area contributed by atoms with Gasteiger partial charge in [0, 0.05) is 22.6 Å².